The summed E-state index contributed by atoms with van der Waals surface area (Å²) in [5, 5.41) is 9.80. The van der Waals surface area contributed by atoms with E-state index in [4.69, 9.17) is 5.11 Å². The Morgan fingerprint density at radius 2 is 2.12 bits per heavy atom. The fourth-order valence-corrected chi connectivity index (χ4v) is 2.96. The molecule has 0 bridgehead atoms. The van der Waals surface area contributed by atoms with Crippen LogP contribution in [-0.4, -0.2) is 16.1 Å². The first-order valence-electron chi connectivity index (χ1n) is 4.96. The second-order valence-corrected chi connectivity index (χ2v) is 6.03. The van der Waals surface area contributed by atoms with Crippen molar-refractivity contribution < 1.29 is 9.90 Å². The molecule has 0 unspecified atom stereocenters. The Hall–Kier alpha value is -1.20. The molecule has 2 rings (SSSR count). The van der Waals surface area contributed by atoms with Crippen LogP contribution in [0.1, 0.15) is 21.6 Å². The van der Waals surface area contributed by atoms with E-state index in [1.807, 2.05) is 19.9 Å². The third-order valence-corrected chi connectivity index (χ3v) is 4.48. The number of benzene rings is 1. The van der Waals surface area contributed by atoms with E-state index in [1.54, 1.807) is 23.5 Å². The second-order valence-electron chi connectivity index (χ2n) is 3.71. The third kappa shape index (κ3) is 2.40. The molecule has 0 aliphatic carbocycles. The van der Waals surface area contributed by atoms with Crippen LogP contribution in [0.5, 0.6) is 0 Å². The van der Waals surface area contributed by atoms with Gasteiger partial charge in [-0.3, -0.25) is 0 Å². The Morgan fingerprint density at radius 1 is 1.41 bits per heavy atom. The summed E-state index contributed by atoms with van der Waals surface area (Å²) in [5.41, 5.74) is 3.16. The van der Waals surface area contributed by atoms with E-state index in [1.165, 1.54) is 0 Å². The SMILES string of the molecule is Cc1cc(C(=O)O)ccc1-c1nc(C)c(Br)s1. The van der Waals surface area contributed by atoms with Crippen molar-refractivity contribution in [2.45, 2.75) is 13.8 Å². The van der Waals surface area contributed by atoms with Crippen LogP contribution in [0.15, 0.2) is 22.0 Å². The van der Waals surface area contributed by atoms with E-state index >= 15 is 0 Å². The summed E-state index contributed by atoms with van der Waals surface area (Å²) in [6, 6.07) is 5.08. The molecule has 1 aromatic heterocycles. The van der Waals surface area contributed by atoms with Gasteiger partial charge >= 0.3 is 5.97 Å². The van der Waals surface area contributed by atoms with Crippen molar-refractivity contribution in [1.29, 1.82) is 0 Å². The first-order valence-corrected chi connectivity index (χ1v) is 6.57. The van der Waals surface area contributed by atoms with Crippen molar-refractivity contribution in [3.63, 3.8) is 0 Å². The summed E-state index contributed by atoms with van der Waals surface area (Å²) in [5.74, 6) is -0.906. The fraction of sp³-hybridized carbons (Fsp3) is 0.167. The zero-order valence-electron chi connectivity index (χ0n) is 9.32. The highest BCUT2D eigenvalue weighted by molar-refractivity contribution is 9.11. The van der Waals surface area contributed by atoms with Crippen LogP contribution in [0.2, 0.25) is 0 Å². The Bertz CT molecular complexity index is 573. The van der Waals surface area contributed by atoms with Gasteiger partial charge in [0.15, 0.2) is 0 Å². The van der Waals surface area contributed by atoms with Crippen molar-refractivity contribution in [1.82, 2.24) is 4.98 Å². The highest BCUT2D eigenvalue weighted by Gasteiger charge is 2.11. The van der Waals surface area contributed by atoms with E-state index in [0.717, 1.165) is 25.6 Å². The predicted octanol–water partition coefficient (Wildman–Crippen LogP) is 3.89. The number of halogens is 1. The maximum absolute atomic E-state index is 10.8. The van der Waals surface area contributed by atoms with Crippen LogP contribution in [0.4, 0.5) is 0 Å². The molecule has 88 valence electrons. The molecule has 5 heteroatoms. The molecule has 0 aliphatic rings. The Kier molecular flexibility index (Phi) is 3.31. The third-order valence-electron chi connectivity index (χ3n) is 2.44. The van der Waals surface area contributed by atoms with Crippen LogP contribution in [0.25, 0.3) is 10.6 Å². The van der Waals surface area contributed by atoms with Gasteiger partial charge in [-0.1, -0.05) is 6.07 Å². The largest absolute Gasteiger partial charge is 0.478 e. The molecule has 0 saturated carbocycles. The maximum Gasteiger partial charge on any atom is 0.335 e. The molecule has 3 nitrogen and oxygen atoms in total. The van der Waals surface area contributed by atoms with Gasteiger partial charge in [-0.15, -0.1) is 11.3 Å². The number of carbonyl (C=O) groups is 1. The first kappa shape index (κ1) is 12.3. The Balaban J connectivity index is 2.50. The van der Waals surface area contributed by atoms with Crippen LogP contribution in [0, 0.1) is 13.8 Å². The van der Waals surface area contributed by atoms with Crippen molar-refractivity contribution in [3.05, 3.63) is 38.8 Å². The summed E-state index contributed by atoms with van der Waals surface area (Å²) < 4.78 is 1.01. The number of aromatic nitrogens is 1. The second kappa shape index (κ2) is 4.58. The highest BCUT2D eigenvalue weighted by atomic mass is 79.9. The minimum atomic E-state index is -0.906. The molecule has 0 aliphatic heterocycles. The molecule has 0 radical (unpaired) electrons. The van der Waals surface area contributed by atoms with Crippen LogP contribution in [-0.2, 0) is 0 Å². The summed E-state index contributed by atoms with van der Waals surface area (Å²) in [7, 11) is 0. The molecule has 1 heterocycles. The molecule has 2 aromatic rings. The van der Waals surface area contributed by atoms with Crippen molar-refractivity contribution in [3.8, 4) is 10.6 Å². The van der Waals surface area contributed by atoms with E-state index < -0.39 is 5.97 Å². The number of carboxylic acid groups (broad SMARTS) is 1. The zero-order valence-corrected chi connectivity index (χ0v) is 11.7. The molecule has 0 atom stereocenters. The average molecular weight is 312 g/mol. The Morgan fingerprint density at radius 3 is 2.59 bits per heavy atom. The van der Waals surface area contributed by atoms with Gasteiger partial charge in [-0.25, -0.2) is 9.78 Å². The van der Waals surface area contributed by atoms with Gasteiger partial charge in [0.25, 0.3) is 0 Å². The van der Waals surface area contributed by atoms with E-state index in [2.05, 4.69) is 20.9 Å². The normalized spacial score (nSPS) is 10.5. The van der Waals surface area contributed by atoms with Gasteiger partial charge < -0.3 is 5.11 Å². The summed E-state index contributed by atoms with van der Waals surface area (Å²) in [6.45, 7) is 3.83. The number of hydrogen-bond donors (Lipinski definition) is 1. The molecule has 0 amide bonds. The lowest BCUT2D eigenvalue weighted by Gasteiger charge is -2.03. The molecule has 0 fully saturated rings. The molecular formula is C12H10BrNO2S. The van der Waals surface area contributed by atoms with Crippen LogP contribution >= 0.6 is 27.3 Å². The monoisotopic (exact) mass is 311 g/mol. The quantitative estimate of drug-likeness (QED) is 0.915. The standard InChI is InChI=1S/C12H10BrNO2S/c1-6-5-8(12(15)16)3-4-9(6)11-14-7(2)10(13)17-11/h3-5H,1-2H3,(H,15,16). The molecule has 1 N–H and O–H groups in total. The van der Waals surface area contributed by atoms with Gasteiger partial charge in [0.2, 0.25) is 0 Å². The summed E-state index contributed by atoms with van der Waals surface area (Å²) in [4.78, 5) is 15.3. The van der Waals surface area contributed by atoms with E-state index in [0.29, 0.717) is 5.56 Å². The average Bonchev–Trinajstić information content (AvgIpc) is 2.58. The fourth-order valence-electron chi connectivity index (χ4n) is 1.53. The number of nitrogens with zero attached hydrogens (tertiary/aromatic N) is 1. The minimum Gasteiger partial charge on any atom is -0.478 e. The van der Waals surface area contributed by atoms with E-state index in [-0.39, 0.29) is 0 Å². The number of aromatic carboxylic acids is 1. The van der Waals surface area contributed by atoms with Crippen LogP contribution < -0.4 is 0 Å². The van der Waals surface area contributed by atoms with Crippen LogP contribution in [0.3, 0.4) is 0 Å². The molecular weight excluding hydrogens is 302 g/mol. The number of thiazole rings is 1. The topological polar surface area (TPSA) is 50.2 Å². The molecule has 0 saturated heterocycles. The maximum atomic E-state index is 10.8. The number of aryl methyl sites for hydroxylation is 2. The number of hydrogen-bond acceptors (Lipinski definition) is 3. The lowest BCUT2D eigenvalue weighted by atomic mass is 10.1. The molecule has 1 aromatic carbocycles. The van der Waals surface area contributed by atoms with Gasteiger partial charge in [0.1, 0.15) is 5.01 Å². The van der Waals surface area contributed by atoms with Gasteiger partial charge in [0.05, 0.1) is 15.0 Å². The lowest BCUT2D eigenvalue weighted by Crippen LogP contribution is -1.97. The van der Waals surface area contributed by atoms with Gasteiger partial charge in [-0.05, 0) is 47.5 Å². The van der Waals surface area contributed by atoms with Gasteiger partial charge in [0, 0.05) is 5.56 Å². The van der Waals surface area contributed by atoms with Crippen molar-refractivity contribution in [2.24, 2.45) is 0 Å². The molecule has 17 heavy (non-hydrogen) atoms. The minimum absolute atomic E-state index is 0.304. The predicted molar refractivity (Wildman–Crippen MR) is 71.7 cm³/mol. The number of rotatable bonds is 2. The smallest absolute Gasteiger partial charge is 0.335 e. The zero-order chi connectivity index (χ0) is 12.6. The van der Waals surface area contributed by atoms with Gasteiger partial charge in [-0.2, -0.15) is 0 Å². The molecule has 0 spiro atoms. The number of carboxylic acids is 1. The highest BCUT2D eigenvalue weighted by Crippen LogP contribution is 2.33. The Labute approximate surface area is 111 Å². The lowest BCUT2D eigenvalue weighted by molar-refractivity contribution is 0.0697. The van der Waals surface area contributed by atoms with E-state index in [9.17, 15) is 4.79 Å². The summed E-state index contributed by atoms with van der Waals surface area (Å²) >= 11 is 4.99. The first-order chi connectivity index (χ1) is 7.99. The summed E-state index contributed by atoms with van der Waals surface area (Å²) in [6.07, 6.45) is 0. The van der Waals surface area contributed by atoms with Crippen molar-refractivity contribution in [2.75, 3.05) is 0 Å². The van der Waals surface area contributed by atoms with Crippen molar-refractivity contribution >= 4 is 33.2 Å².